The summed E-state index contributed by atoms with van der Waals surface area (Å²) < 4.78 is 1.98. The van der Waals surface area contributed by atoms with Gasteiger partial charge < -0.3 is 14.4 Å². The van der Waals surface area contributed by atoms with Crippen molar-refractivity contribution < 1.29 is 9.59 Å². The number of thioether (sulfide) groups is 1. The molecule has 1 aliphatic rings. The molecule has 158 valence electrons. The summed E-state index contributed by atoms with van der Waals surface area (Å²) in [4.78, 5) is 34.2. The van der Waals surface area contributed by atoms with Gasteiger partial charge in [0.2, 0.25) is 11.8 Å². The Morgan fingerprint density at radius 1 is 1.14 bits per heavy atom. The lowest BCUT2D eigenvalue weighted by Crippen LogP contribution is -2.48. The van der Waals surface area contributed by atoms with Crippen molar-refractivity contribution in [2.45, 2.75) is 70.7 Å². The van der Waals surface area contributed by atoms with Gasteiger partial charge in [-0.2, -0.15) is 0 Å². The number of fused-ring (bicyclic) bond motifs is 1. The topological polar surface area (TPSA) is 58.4 Å². The number of nitrogens with zero attached hydrogens (tertiary/aromatic N) is 4. The van der Waals surface area contributed by atoms with E-state index in [-0.39, 0.29) is 30.4 Å². The highest BCUT2D eigenvalue weighted by molar-refractivity contribution is 7.99. The number of amides is 2. The van der Waals surface area contributed by atoms with Gasteiger partial charge in [0, 0.05) is 25.2 Å². The minimum atomic E-state index is 0.100. The molecule has 2 heterocycles. The van der Waals surface area contributed by atoms with Gasteiger partial charge in [0.25, 0.3) is 0 Å². The molecule has 1 aliphatic heterocycles. The van der Waals surface area contributed by atoms with Crippen molar-refractivity contribution >= 4 is 34.6 Å². The number of piperidine rings is 1. The molecule has 2 atom stereocenters. The van der Waals surface area contributed by atoms with Crippen LogP contribution < -0.4 is 0 Å². The third kappa shape index (κ3) is 4.77. The molecule has 0 bridgehead atoms. The zero-order valence-corrected chi connectivity index (χ0v) is 18.7. The number of benzene rings is 1. The fourth-order valence-corrected chi connectivity index (χ4v) is 5.16. The van der Waals surface area contributed by atoms with E-state index in [1.54, 1.807) is 0 Å². The van der Waals surface area contributed by atoms with Gasteiger partial charge in [-0.1, -0.05) is 23.9 Å². The lowest BCUT2D eigenvalue weighted by Gasteiger charge is -2.39. The highest BCUT2D eigenvalue weighted by Crippen LogP contribution is 2.27. The summed E-state index contributed by atoms with van der Waals surface area (Å²) in [7, 11) is 0. The zero-order valence-electron chi connectivity index (χ0n) is 17.9. The normalized spacial score (nSPS) is 19.5. The number of hydrogen-bond acceptors (Lipinski definition) is 4. The van der Waals surface area contributed by atoms with E-state index in [0.717, 1.165) is 29.0 Å². The van der Waals surface area contributed by atoms with Crippen molar-refractivity contribution in [2.24, 2.45) is 0 Å². The van der Waals surface area contributed by atoms with Crippen LogP contribution in [0.1, 0.15) is 47.0 Å². The average molecular weight is 417 g/mol. The third-order valence-corrected chi connectivity index (χ3v) is 6.80. The molecule has 1 saturated heterocycles. The standard InChI is InChI=1S/C22H32N4O2S/c1-5-24(6-2)21(28)15-29-22-23-18-12-7-8-13-19(18)25(22)14-20(27)26-16(3)10-9-11-17(26)4/h7-8,12-13,16-17H,5-6,9-11,14-15H2,1-4H3/t16-,17+. The van der Waals surface area contributed by atoms with Crippen LogP contribution in [0.15, 0.2) is 29.4 Å². The minimum absolute atomic E-state index is 0.100. The van der Waals surface area contributed by atoms with E-state index < -0.39 is 0 Å². The first-order chi connectivity index (χ1) is 14.0. The Balaban J connectivity index is 1.83. The van der Waals surface area contributed by atoms with Gasteiger partial charge in [0.15, 0.2) is 5.16 Å². The number of aromatic nitrogens is 2. The Morgan fingerprint density at radius 2 is 1.79 bits per heavy atom. The minimum Gasteiger partial charge on any atom is -0.343 e. The number of carbonyl (C=O) groups excluding carboxylic acids is 2. The van der Waals surface area contributed by atoms with Crippen molar-refractivity contribution in [2.75, 3.05) is 18.8 Å². The van der Waals surface area contributed by atoms with E-state index in [1.807, 2.05) is 52.5 Å². The fraction of sp³-hybridized carbons (Fsp3) is 0.591. The number of imidazole rings is 1. The van der Waals surface area contributed by atoms with E-state index in [9.17, 15) is 9.59 Å². The van der Waals surface area contributed by atoms with Crippen LogP contribution in [0.5, 0.6) is 0 Å². The summed E-state index contributed by atoms with van der Waals surface area (Å²) in [6.07, 6.45) is 3.29. The number of hydrogen-bond donors (Lipinski definition) is 0. The Labute approximate surface area is 177 Å². The summed E-state index contributed by atoms with van der Waals surface area (Å²) in [6, 6.07) is 8.40. The van der Waals surface area contributed by atoms with Crippen molar-refractivity contribution in [3.63, 3.8) is 0 Å². The molecule has 1 aromatic carbocycles. The van der Waals surface area contributed by atoms with E-state index in [0.29, 0.717) is 18.8 Å². The van der Waals surface area contributed by atoms with Crippen molar-refractivity contribution in [1.82, 2.24) is 19.4 Å². The summed E-state index contributed by atoms with van der Waals surface area (Å²) in [5, 5.41) is 0.734. The molecule has 1 aromatic heterocycles. The van der Waals surface area contributed by atoms with Gasteiger partial charge in [-0.3, -0.25) is 9.59 Å². The summed E-state index contributed by atoms with van der Waals surface area (Å²) in [6.45, 7) is 9.92. The second-order valence-electron chi connectivity index (χ2n) is 7.75. The molecule has 0 radical (unpaired) electrons. The Hall–Kier alpha value is -2.02. The second-order valence-corrected chi connectivity index (χ2v) is 8.70. The van der Waals surface area contributed by atoms with Gasteiger partial charge in [0.1, 0.15) is 6.54 Å². The Morgan fingerprint density at radius 3 is 2.45 bits per heavy atom. The number of rotatable bonds is 7. The lowest BCUT2D eigenvalue weighted by molar-refractivity contribution is -0.138. The van der Waals surface area contributed by atoms with Crippen molar-refractivity contribution in [3.8, 4) is 0 Å². The molecule has 29 heavy (non-hydrogen) atoms. The number of likely N-dealkylation sites (tertiary alicyclic amines) is 1. The summed E-state index contributed by atoms with van der Waals surface area (Å²) >= 11 is 1.42. The predicted molar refractivity (Wildman–Crippen MR) is 118 cm³/mol. The fourth-order valence-electron chi connectivity index (χ4n) is 4.24. The number of para-hydroxylation sites is 2. The maximum absolute atomic E-state index is 13.2. The van der Waals surface area contributed by atoms with Gasteiger partial charge >= 0.3 is 0 Å². The first-order valence-electron chi connectivity index (χ1n) is 10.6. The van der Waals surface area contributed by atoms with E-state index in [4.69, 9.17) is 4.98 Å². The van der Waals surface area contributed by atoms with Gasteiger partial charge in [-0.15, -0.1) is 0 Å². The van der Waals surface area contributed by atoms with Crippen LogP contribution in [-0.2, 0) is 16.1 Å². The zero-order chi connectivity index (χ0) is 21.0. The maximum Gasteiger partial charge on any atom is 0.243 e. The monoisotopic (exact) mass is 416 g/mol. The van der Waals surface area contributed by atoms with E-state index >= 15 is 0 Å². The van der Waals surface area contributed by atoms with Crippen LogP contribution in [-0.4, -0.2) is 62.1 Å². The maximum atomic E-state index is 13.2. The van der Waals surface area contributed by atoms with Crippen LogP contribution in [0.3, 0.4) is 0 Å². The summed E-state index contributed by atoms with van der Waals surface area (Å²) in [5.41, 5.74) is 1.80. The average Bonchev–Trinajstić information content (AvgIpc) is 3.04. The predicted octanol–water partition coefficient (Wildman–Crippen LogP) is 3.79. The van der Waals surface area contributed by atoms with Crippen LogP contribution in [0.2, 0.25) is 0 Å². The highest BCUT2D eigenvalue weighted by atomic mass is 32.2. The summed E-state index contributed by atoms with van der Waals surface area (Å²) in [5.74, 6) is 0.559. The van der Waals surface area contributed by atoms with E-state index in [1.165, 1.54) is 18.2 Å². The smallest absolute Gasteiger partial charge is 0.243 e. The second kappa shape index (κ2) is 9.65. The van der Waals surface area contributed by atoms with Crippen molar-refractivity contribution in [1.29, 1.82) is 0 Å². The third-order valence-electron chi connectivity index (χ3n) is 5.84. The molecular weight excluding hydrogens is 384 g/mol. The molecule has 0 spiro atoms. The molecule has 0 aliphatic carbocycles. The van der Waals surface area contributed by atoms with Gasteiger partial charge in [-0.25, -0.2) is 4.98 Å². The molecule has 0 saturated carbocycles. The lowest BCUT2D eigenvalue weighted by atomic mass is 9.97. The van der Waals surface area contributed by atoms with Gasteiger partial charge in [-0.05, 0) is 59.1 Å². The SMILES string of the molecule is CCN(CC)C(=O)CSc1nc2ccccc2n1CC(=O)N1[C@H](C)CCC[C@@H]1C. The molecule has 1 fully saturated rings. The first kappa shape index (κ1) is 21.7. The molecule has 3 rings (SSSR count). The molecule has 6 nitrogen and oxygen atoms in total. The number of carbonyl (C=O) groups is 2. The molecule has 0 N–H and O–H groups in total. The van der Waals surface area contributed by atoms with Gasteiger partial charge in [0.05, 0.1) is 16.8 Å². The largest absolute Gasteiger partial charge is 0.343 e. The van der Waals surface area contributed by atoms with E-state index in [2.05, 4.69) is 13.8 Å². The van der Waals surface area contributed by atoms with Crippen LogP contribution in [0, 0.1) is 0 Å². The van der Waals surface area contributed by atoms with Crippen LogP contribution >= 0.6 is 11.8 Å². The quantitative estimate of drug-likeness (QED) is 0.645. The molecule has 2 aromatic rings. The van der Waals surface area contributed by atoms with Crippen LogP contribution in [0.4, 0.5) is 0 Å². The molecule has 2 amide bonds. The Kier molecular flexibility index (Phi) is 7.22. The Bertz CT molecular complexity index is 852. The molecule has 7 heteroatoms. The van der Waals surface area contributed by atoms with Crippen molar-refractivity contribution in [3.05, 3.63) is 24.3 Å². The molecular formula is C22H32N4O2S. The first-order valence-corrected chi connectivity index (χ1v) is 11.6. The van der Waals surface area contributed by atoms with Crippen LogP contribution in [0.25, 0.3) is 11.0 Å². The highest BCUT2D eigenvalue weighted by Gasteiger charge is 2.29. The molecule has 0 unspecified atom stereocenters.